The van der Waals surface area contributed by atoms with E-state index < -0.39 is 23.7 Å². The molecule has 1 atom stereocenters. The van der Waals surface area contributed by atoms with Gasteiger partial charge in [-0.3, -0.25) is 9.89 Å². The van der Waals surface area contributed by atoms with E-state index >= 15 is 0 Å². The van der Waals surface area contributed by atoms with E-state index in [1.54, 1.807) is 49.6 Å². The van der Waals surface area contributed by atoms with Crippen LogP contribution in [0.15, 0.2) is 65.5 Å². The predicted molar refractivity (Wildman–Crippen MR) is 171 cm³/mol. The van der Waals surface area contributed by atoms with E-state index in [2.05, 4.69) is 16.5 Å². The molecule has 0 spiro atoms. The van der Waals surface area contributed by atoms with Crippen LogP contribution in [0.5, 0.6) is 5.75 Å². The van der Waals surface area contributed by atoms with Gasteiger partial charge in [0.15, 0.2) is 5.65 Å². The maximum absolute atomic E-state index is 14.0. The van der Waals surface area contributed by atoms with Crippen LogP contribution >= 0.6 is 0 Å². The molecular weight excluding hydrogens is 556 g/mol. The second-order valence-corrected chi connectivity index (χ2v) is 12.6. The zero-order valence-electron chi connectivity index (χ0n) is 26.2. The van der Waals surface area contributed by atoms with Crippen molar-refractivity contribution < 1.29 is 19.1 Å². The Bertz CT molecular complexity index is 1760. The summed E-state index contributed by atoms with van der Waals surface area (Å²) in [4.78, 5) is 44.2. The Kier molecular flexibility index (Phi) is 8.76. The molecule has 2 heterocycles. The Balaban J connectivity index is 1.46. The van der Waals surface area contributed by atoms with Gasteiger partial charge in [0.05, 0.1) is 17.0 Å². The largest absolute Gasteiger partial charge is 0.444 e. The number of nitrogens with one attached hydrogen (secondary N) is 2. The first-order valence-electron chi connectivity index (χ1n) is 15.1. The Morgan fingerprint density at radius 3 is 2.30 bits per heavy atom. The predicted octanol–water partition coefficient (Wildman–Crippen LogP) is 7.08. The first-order chi connectivity index (χ1) is 20.9. The van der Waals surface area contributed by atoms with Crippen molar-refractivity contribution in [3.63, 3.8) is 0 Å². The highest BCUT2D eigenvalue weighted by Crippen LogP contribution is 2.36. The maximum Gasteiger partial charge on any atom is 0.408 e. The summed E-state index contributed by atoms with van der Waals surface area (Å²) in [5, 5.41) is 5.97. The monoisotopic (exact) mass is 596 g/mol. The highest BCUT2D eigenvalue weighted by Gasteiger charge is 2.29. The number of carbonyl (C=O) groups excluding carboxylic acids is 2. The SMILES string of the molecule is Cc1nc2c(C3=CCCCC3)c(-c3ccccc3)[nH]n2c(=O)c1-c1ccc(OC(=O)C(NC(=O)OC(C)(C)C)C(C)C)cc1. The number of allylic oxidation sites excluding steroid dienone is 2. The Morgan fingerprint density at radius 2 is 1.68 bits per heavy atom. The number of H-pyrrole nitrogens is 1. The van der Waals surface area contributed by atoms with Crippen LogP contribution in [-0.4, -0.2) is 38.3 Å². The zero-order valence-corrected chi connectivity index (χ0v) is 26.2. The van der Waals surface area contributed by atoms with Gasteiger partial charge in [-0.05, 0) is 82.6 Å². The van der Waals surface area contributed by atoms with Gasteiger partial charge in [-0.2, -0.15) is 4.52 Å². The molecule has 2 aromatic heterocycles. The number of aromatic amines is 1. The molecule has 0 saturated carbocycles. The van der Waals surface area contributed by atoms with Crippen LogP contribution in [-0.2, 0) is 9.53 Å². The summed E-state index contributed by atoms with van der Waals surface area (Å²) in [7, 11) is 0. The molecule has 9 nitrogen and oxygen atoms in total. The van der Waals surface area contributed by atoms with Crippen LogP contribution in [0.4, 0.5) is 4.79 Å². The molecule has 1 amide bonds. The molecule has 0 saturated heterocycles. The van der Waals surface area contributed by atoms with Crippen LogP contribution in [0, 0.1) is 12.8 Å². The molecule has 0 fully saturated rings. The highest BCUT2D eigenvalue weighted by molar-refractivity contribution is 5.88. The summed E-state index contributed by atoms with van der Waals surface area (Å²) < 4.78 is 12.4. The molecule has 1 unspecified atom stereocenters. The van der Waals surface area contributed by atoms with Gasteiger partial charge in [0, 0.05) is 11.1 Å². The minimum absolute atomic E-state index is 0.210. The van der Waals surface area contributed by atoms with E-state index in [0.29, 0.717) is 28.2 Å². The fraction of sp³-hybridized carbons (Fsp3) is 0.371. The highest BCUT2D eigenvalue weighted by atomic mass is 16.6. The van der Waals surface area contributed by atoms with Crippen LogP contribution < -0.4 is 15.6 Å². The number of hydrogen-bond acceptors (Lipinski definition) is 6. The van der Waals surface area contributed by atoms with E-state index in [4.69, 9.17) is 14.5 Å². The number of amides is 1. The van der Waals surface area contributed by atoms with Gasteiger partial charge >= 0.3 is 12.1 Å². The van der Waals surface area contributed by atoms with Gasteiger partial charge in [-0.15, -0.1) is 0 Å². The molecule has 2 N–H and O–H groups in total. The fourth-order valence-corrected chi connectivity index (χ4v) is 5.50. The first-order valence-corrected chi connectivity index (χ1v) is 15.1. The molecular formula is C35H40N4O5. The minimum atomic E-state index is -0.900. The lowest BCUT2D eigenvalue weighted by atomic mass is 9.92. The lowest BCUT2D eigenvalue weighted by molar-refractivity contribution is -0.137. The van der Waals surface area contributed by atoms with Crippen molar-refractivity contribution in [1.29, 1.82) is 0 Å². The van der Waals surface area contributed by atoms with Gasteiger partial charge in [-0.25, -0.2) is 14.6 Å². The molecule has 0 bridgehead atoms. The van der Waals surface area contributed by atoms with Crippen molar-refractivity contribution in [2.24, 2.45) is 5.92 Å². The van der Waals surface area contributed by atoms with Gasteiger partial charge in [-0.1, -0.05) is 62.4 Å². The average molecular weight is 597 g/mol. The molecule has 1 aliphatic carbocycles. The second-order valence-electron chi connectivity index (χ2n) is 12.6. The molecule has 4 aromatic rings. The lowest BCUT2D eigenvalue weighted by Gasteiger charge is -2.24. The molecule has 2 aromatic carbocycles. The molecule has 1 aliphatic rings. The topological polar surface area (TPSA) is 115 Å². The minimum Gasteiger partial charge on any atom is -0.444 e. The summed E-state index contributed by atoms with van der Waals surface area (Å²) >= 11 is 0. The average Bonchev–Trinajstić information content (AvgIpc) is 3.36. The van der Waals surface area contributed by atoms with Gasteiger partial charge < -0.3 is 14.8 Å². The number of aryl methyl sites for hydroxylation is 1. The maximum atomic E-state index is 14.0. The number of carbonyl (C=O) groups is 2. The van der Waals surface area contributed by atoms with Crippen molar-refractivity contribution in [3.05, 3.63) is 82.3 Å². The van der Waals surface area contributed by atoms with Gasteiger partial charge in [0.1, 0.15) is 17.4 Å². The number of alkyl carbamates (subject to hydrolysis) is 1. The summed E-state index contributed by atoms with van der Waals surface area (Å²) in [6, 6.07) is 15.8. The van der Waals surface area contributed by atoms with Crippen molar-refractivity contribution in [2.45, 2.75) is 78.9 Å². The summed E-state index contributed by atoms with van der Waals surface area (Å²) in [5.74, 6) is -0.548. The second kappa shape index (κ2) is 12.5. The number of ether oxygens (including phenoxy) is 2. The Morgan fingerprint density at radius 1 is 0.977 bits per heavy atom. The van der Waals surface area contributed by atoms with Gasteiger partial charge in [0.25, 0.3) is 5.56 Å². The van der Waals surface area contributed by atoms with E-state index in [-0.39, 0.29) is 11.5 Å². The Labute approximate surface area is 257 Å². The summed E-state index contributed by atoms with van der Waals surface area (Å²) in [6.07, 6.45) is 5.78. The van der Waals surface area contributed by atoms with Crippen LogP contribution in [0.1, 0.15) is 71.6 Å². The van der Waals surface area contributed by atoms with E-state index in [1.165, 1.54) is 5.57 Å². The molecule has 9 heteroatoms. The van der Waals surface area contributed by atoms with E-state index in [1.807, 2.05) is 51.1 Å². The third kappa shape index (κ3) is 6.61. The molecule has 44 heavy (non-hydrogen) atoms. The van der Waals surface area contributed by atoms with Crippen molar-refractivity contribution in [1.82, 2.24) is 19.9 Å². The van der Waals surface area contributed by atoms with Crippen LogP contribution in [0.3, 0.4) is 0 Å². The number of fused-ring (bicyclic) bond motifs is 1. The van der Waals surface area contributed by atoms with E-state index in [9.17, 15) is 14.4 Å². The molecule has 0 radical (unpaired) electrons. The standard InChI is InChI=1S/C35H40N4O5/c1-21(2)29(37-34(42)44-35(4,5)6)33(41)43-26-19-17-24(18-20-26)27-22(3)36-31-28(23-13-9-7-10-14-23)30(38-39(31)32(27)40)25-15-11-8-12-16-25/h8,11-13,15-21,29,38H,7,9-10,14H2,1-6H3,(H,37,42). The normalized spacial score (nSPS) is 14.3. The number of rotatable bonds is 7. The Hall–Kier alpha value is -4.66. The zero-order chi connectivity index (χ0) is 31.6. The number of benzene rings is 2. The summed E-state index contributed by atoms with van der Waals surface area (Å²) in [5.41, 5.74) is 5.48. The number of hydrogen-bond donors (Lipinski definition) is 2. The summed E-state index contributed by atoms with van der Waals surface area (Å²) in [6.45, 7) is 10.7. The van der Waals surface area contributed by atoms with E-state index in [0.717, 1.165) is 42.5 Å². The van der Waals surface area contributed by atoms with Crippen molar-refractivity contribution in [2.75, 3.05) is 0 Å². The fourth-order valence-electron chi connectivity index (χ4n) is 5.50. The number of nitrogens with zero attached hydrogens (tertiary/aromatic N) is 2. The third-order valence-electron chi connectivity index (χ3n) is 7.59. The number of aromatic nitrogens is 3. The quantitative estimate of drug-likeness (QED) is 0.174. The van der Waals surface area contributed by atoms with Crippen molar-refractivity contribution in [3.8, 4) is 28.1 Å². The van der Waals surface area contributed by atoms with Gasteiger partial charge in [0.2, 0.25) is 0 Å². The van der Waals surface area contributed by atoms with Crippen LogP contribution in [0.2, 0.25) is 0 Å². The smallest absolute Gasteiger partial charge is 0.408 e. The molecule has 230 valence electrons. The molecule has 0 aliphatic heterocycles. The van der Waals surface area contributed by atoms with Crippen LogP contribution in [0.25, 0.3) is 33.6 Å². The third-order valence-corrected chi connectivity index (χ3v) is 7.59. The number of esters is 1. The lowest BCUT2D eigenvalue weighted by Crippen LogP contribution is -2.48. The first kappa shape index (κ1) is 30.8. The van der Waals surface area contributed by atoms with Crippen molar-refractivity contribution >= 4 is 23.3 Å². The molecule has 5 rings (SSSR count).